The van der Waals surface area contributed by atoms with Crippen LogP contribution in [0.4, 0.5) is 4.79 Å². The van der Waals surface area contributed by atoms with Crippen molar-refractivity contribution in [3.05, 3.63) is 46.2 Å². The van der Waals surface area contributed by atoms with E-state index < -0.39 is 0 Å². The normalized spacial score (nSPS) is 21.7. The highest BCUT2D eigenvalue weighted by Gasteiger charge is 2.42. The summed E-state index contributed by atoms with van der Waals surface area (Å²) in [6, 6.07) is 6.40. The third-order valence-electron chi connectivity index (χ3n) is 6.79. The number of hydrogen-bond acceptors (Lipinski definition) is 6. The molecule has 2 aromatic heterocycles. The van der Waals surface area contributed by atoms with Crippen LogP contribution in [0, 0.1) is 6.92 Å². The fraction of sp³-hybridized carbons (Fsp3) is 0.583. The van der Waals surface area contributed by atoms with Gasteiger partial charge in [-0.15, -0.1) is 5.10 Å². The zero-order valence-electron chi connectivity index (χ0n) is 19.5. The topological polar surface area (TPSA) is 107 Å². The number of nitrogens with zero attached hydrogens (tertiary/aromatic N) is 4. The predicted octanol–water partition coefficient (Wildman–Crippen LogP) is 3.24. The number of unbranched alkanes of at least 4 members (excludes halogenated alkanes) is 3. The highest BCUT2D eigenvalue weighted by molar-refractivity contribution is 8.00. The Morgan fingerprint density at radius 1 is 1.12 bits per heavy atom. The number of hydrogen-bond donors (Lipinski definition) is 2. The van der Waals surface area contributed by atoms with Gasteiger partial charge < -0.3 is 15.1 Å². The Morgan fingerprint density at radius 3 is 2.91 bits per heavy atom. The Kier molecular flexibility index (Phi) is 6.94. The van der Waals surface area contributed by atoms with E-state index in [0.29, 0.717) is 29.5 Å². The second-order valence-electron chi connectivity index (χ2n) is 9.39. The SMILES string of the molecule is Cc1ccc2oc(=O)n(CCCCn3cc(CCCCC[C@@H]4SCC5NC(=O)NC54)nn3)c2c1. The summed E-state index contributed by atoms with van der Waals surface area (Å²) in [7, 11) is 0. The maximum Gasteiger partial charge on any atom is 0.419 e. The van der Waals surface area contributed by atoms with Crippen LogP contribution < -0.4 is 16.4 Å². The Hall–Kier alpha value is -2.75. The molecule has 2 amide bonds. The number of carbonyl (C=O) groups is 1. The van der Waals surface area contributed by atoms with Crippen LogP contribution in [0.15, 0.2) is 33.6 Å². The molecule has 3 aromatic rings. The molecular weight excluding hydrogens is 452 g/mol. The molecule has 10 heteroatoms. The van der Waals surface area contributed by atoms with Crippen molar-refractivity contribution in [2.24, 2.45) is 0 Å². The number of rotatable bonds is 11. The second kappa shape index (κ2) is 10.2. The van der Waals surface area contributed by atoms with E-state index in [-0.39, 0.29) is 11.8 Å². The van der Waals surface area contributed by atoms with Gasteiger partial charge in [0, 0.05) is 30.3 Å². The number of oxazole rings is 1. The number of aromatic nitrogens is 4. The first kappa shape index (κ1) is 23.0. The fourth-order valence-corrected chi connectivity index (χ4v) is 6.50. The van der Waals surface area contributed by atoms with Gasteiger partial charge in [0.25, 0.3) is 0 Å². The highest BCUT2D eigenvalue weighted by atomic mass is 32.2. The first-order valence-corrected chi connectivity index (χ1v) is 13.3. The smallest absolute Gasteiger partial charge is 0.408 e. The van der Waals surface area contributed by atoms with E-state index >= 15 is 0 Å². The van der Waals surface area contributed by atoms with Crippen molar-refractivity contribution in [1.29, 1.82) is 0 Å². The Bertz CT molecular complexity index is 1200. The van der Waals surface area contributed by atoms with Crippen molar-refractivity contribution in [2.75, 3.05) is 5.75 Å². The van der Waals surface area contributed by atoms with Gasteiger partial charge in [0.2, 0.25) is 0 Å². The summed E-state index contributed by atoms with van der Waals surface area (Å²) in [6.45, 7) is 3.44. The quantitative estimate of drug-likeness (QED) is 0.320. The molecule has 2 aliphatic heterocycles. The van der Waals surface area contributed by atoms with Crippen molar-refractivity contribution in [3.8, 4) is 0 Å². The molecule has 2 saturated heterocycles. The lowest BCUT2D eigenvalue weighted by atomic mass is 10.0. The van der Waals surface area contributed by atoms with Crippen molar-refractivity contribution < 1.29 is 9.21 Å². The monoisotopic (exact) mass is 484 g/mol. The molecule has 0 bridgehead atoms. The van der Waals surface area contributed by atoms with Crippen LogP contribution in [-0.4, -0.2) is 48.7 Å². The van der Waals surface area contributed by atoms with Crippen LogP contribution >= 0.6 is 11.8 Å². The maximum absolute atomic E-state index is 12.1. The molecule has 0 saturated carbocycles. The van der Waals surface area contributed by atoms with E-state index in [4.69, 9.17) is 4.42 Å². The van der Waals surface area contributed by atoms with Gasteiger partial charge in [-0.3, -0.25) is 9.25 Å². The molecule has 4 heterocycles. The van der Waals surface area contributed by atoms with E-state index in [0.717, 1.165) is 67.6 Å². The highest BCUT2D eigenvalue weighted by Crippen LogP contribution is 2.33. The van der Waals surface area contributed by atoms with Crippen LogP contribution in [0.25, 0.3) is 11.1 Å². The standard InChI is InChI=1S/C24H32N6O3S/c1-16-9-10-20-19(13-16)30(24(32)33-20)12-6-5-11-29-14-17(27-28-29)7-3-2-4-8-21-22-18(15-34-21)25-23(31)26-22/h9-10,13-14,18,21-22H,2-8,11-12,15H2,1H3,(H2,25,26,31)/t18?,21-,22?/m0/s1. The third-order valence-corrected chi connectivity index (χ3v) is 8.30. The van der Waals surface area contributed by atoms with E-state index in [2.05, 4.69) is 20.9 Å². The molecule has 9 nitrogen and oxygen atoms in total. The summed E-state index contributed by atoms with van der Waals surface area (Å²) in [4.78, 5) is 23.6. The molecule has 1 aromatic carbocycles. The average Bonchev–Trinajstić information content (AvgIpc) is 3.56. The van der Waals surface area contributed by atoms with Crippen LogP contribution in [0.3, 0.4) is 0 Å². The molecule has 0 radical (unpaired) electrons. The summed E-state index contributed by atoms with van der Waals surface area (Å²) in [5.41, 5.74) is 3.66. The Morgan fingerprint density at radius 2 is 2.00 bits per heavy atom. The molecule has 3 atom stereocenters. The first-order valence-electron chi connectivity index (χ1n) is 12.2. The largest absolute Gasteiger partial charge is 0.419 e. The lowest BCUT2D eigenvalue weighted by Crippen LogP contribution is -2.36. The minimum atomic E-state index is -0.292. The van der Waals surface area contributed by atoms with Crippen molar-refractivity contribution in [2.45, 2.75) is 82.3 Å². The molecule has 2 N–H and O–H groups in total. The molecule has 34 heavy (non-hydrogen) atoms. The van der Waals surface area contributed by atoms with Gasteiger partial charge in [-0.25, -0.2) is 9.59 Å². The van der Waals surface area contributed by atoms with Crippen LogP contribution in [0.5, 0.6) is 0 Å². The predicted molar refractivity (Wildman–Crippen MR) is 132 cm³/mol. The lowest BCUT2D eigenvalue weighted by Gasteiger charge is -2.16. The van der Waals surface area contributed by atoms with Crippen molar-refractivity contribution in [1.82, 2.24) is 30.2 Å². The minimum absolute atomic E-state index is 0.0117. The molecule has 0 aliphatic carbocycles. The van der Waals surface area contributed by atoms with Gasteiger partial charge in [-0.2, -0.15) is 11.8 Å². The Balaban J connectivity index is 0.993. The van der Waals surface area contributed by atoms with Crippen molar-refractivity contribution >= 4 is 28.9 Å². The first-order chi connectivity index (χ1) is 16.6. The average molecular weight is 485 g/mol. The summed E-state index contributed by atoms with van der Waals surface area (Å²) in [6.07, 6.45) is 9.36. The number of carbonyl (C=O) groups excluding carboxylic acids is 1. The zero-order valence-corrected chi connectivity index (χ0v) is 20.4. The van der Waals surface area contributed by atoms with Gasteiger partial charge in [0.1, 0.15) is 0 Å². The fourth-order valence-electron chi connectivity index (χ4n) is 4.96. The number of amides is 2. The van der Waals surface area contributed by atoms with Gasteiger partial charge in [0.05, 0.1) is 23.3 Å². The molecule has 0 spiro atoms. The van der Waals surface area contributed by atoms with Gasteiger partial charge >= 0.3 is 11.8 Å². The van der Waals surface area contributed by atoms with E-state index in [1.165, 1.54) is 6.42 Å². The van der Waals surface area contributed by atoms with Gasteiger partial charge in [-0.05, 0) is 56.7 Å². The maximum atomic E-state index is 12.1. The molecule has 2 unspecified atom stereocenters. The van der Waals surface area contributed by atoms with Crippen LogP contribution in [0.2, 0.25) is 0 Å². The number of fused-ring (bicyclic) bond motifs is 2. The molecule has 2 aliphatic rings. The van der Waals surface area contributed by atoms with Gasteiger partial charge in [-0.1, -0.05) is 24.1 Å². The Labute approximate surface area is 202 Å². The van der Waals surface area contributed by atoms with Crippen LogP contribution in [-0.2, 0) is 19.5 Å². The summed E-state index contributed by atoms with van der Waals surface area (Å²) in [5.74, 6) is 0.728. The molecule has 5 rings (SSSR count). The van der Waals surface area contributed by atoms with E-state index in [9.17, 15) is 9.59 Å². The molecule has 2 fully saturated rings. The number of aryl methyl sites for hydroxylation is 4. The minimum Gasteiger partial charge on any atom is -0.408 e. The molecule has 182 valence electrons. The van der Waals surface area contributed by atoms with Crippen LogP contribution in [0.1, 0.15) is 49.8 Å². The number of urea groups is 1. The van der Waals surface area contributed by atoms with E-state index in [1.54, 1.807) is 4.57 Å². The summed E-state index contributed by atoms with van der Waals surface area (Å²) >= 11 is 1.98. The number of nitrogens with one attached hydrogen (secondary N) is 2. The molecular formula is C24H32N6O3S. The summed E-state index contributed by atoms with van der Waals surface area (Å²) < 4.78 is 8.96. The number of benzene rings is 1. The zero-order chi connectivity index (χ0) is 23.5. The second-order valence-corrected chi connectivity index (χ2v) is 10.7. The van der Waals surface area contributed by atoms with Crippen molar-refractivity contribution in [3.63, 3.8) is 0 Å². The van der Waals surface area contributed by atoms with Gasteiger partial charge in [0.15, 0.2) is 5.58 Å². The number of thioether (sulfide) groups is 1. The summed E-state index contributed by atoms with van der Waals surface area (Å²) in [5, 5.41) is 15.2. The van der Waals surface area contributed by atoms with E-state index in [1.807, 2.05) is 47.8 Å². The lowest BCUT2D eigenvalue weighted by molar-refractivity contribution is 0.247. The third kappa shape index (κ3) is 5.16.